The minimum Gasteiger partial charge on any atom is -0.508 e. The Balaban J connectivity index is 2.24. The van der Waals surface area contributed by atoms with E-state index in [1.165, 1.54) is 23.5 Å². The molecule has 0 aliphatic heterocycles. The number of hydrogen-bond donors (Lipinski definition) is 3. The molecule has 0 spiro atoms. The summed E-state index contributed by atoms with van der Waals surface area (Å²) in [6, 6.07) is 14.8. The van der Waals surface area contributed by atoms with E-state index in [0.717, 1.165) is 5.56 Å². The number of phenolic OH excluding ortho intramolecular Hbond substituents is 1. The standard InChI is InChI=1S/C17H19NO4S/c1-22-16(13-7-9-14(19)10-8-13)15(17(20)21)18(23)11-12-5-3-2-4-6-12/h2-10,15-16,19,23H,11H2,1H3,(H,20,21)/t15-,16?/m1/s1. The van der Waals surface area contributed by atoms with Gasteiger partial charge in [-0.3, -0.25) is 4.79 Å². The molecule has 0 aliphatic carbocycles. The second kappa shape index (κ2) is 8.01. The first-order valence-corrected chi connectivity index (χ1v) is 7.47. The summed E-state index contributed by atoms with van der Waals surface area (Å²) in [5.74, 6) is -0.918. The molecule has 0 bridgehead atoms. The molecule has 0 saturated heterocycles. The van der Waals surface area contributed by atoms with E-state index in [1.54, 1.807) is 12.1 Å². The van der Waals surface area contributed by atoms with Gasteiger partial charge in [0.05, 0.1) is 0 Å². The fourth-order valence-corrected chi connectivity index (χ4v) is 2.78. The summed E-state index contributed by atoms with van der Waals surface area (Å²) in [7, 11) is 1.46. The molecule has 2 atom stereocenters. The number of rotatable bonds is 7. The van der Waals surface area contributed by atoms with Gasteiger partial charge in [-0.15, -0.1) is 0 Å². The van der Waals surface area contributed by atoms with Crippen molar-refractivity contribution in [3.8, 4) is 5.75 Å². The molecule has 0 saturated carbocycles. The molecule has 0 fully saturated rings. The first-order chi connectivity index (χ1) is 11.0. The van der Waals surface area contributed by atoms with E-state index in [4.69, 9.17) is 4.74 Å². The molecule has 0 radical (unpaired) electrons. The predicted octanol–water partition coefficient (Wildman–Crippen LogP) is 2.88. The lowest BCUT2D eigenvalue weighted by atomic mass is 10.0. The van der Waals surface area contributed by atoms with Crippen molar-refractivity contribution < 1.29 is 19.7 Å². The van der Waals surface area contributed by atoms with Gasteiger partial charge in [0.15, 0.2) is 0 Å². The highest BCUT2D eigenvalue weighted by molar-refractivity contribution is 7.77. The summed E-state index contributed by atoms with van der Waals surface area (Å²) in [6.07, 6.45) is -0.714. The van der Waals surface area contributed by atoms with Gasteiger partial charge in [0, 0.05) is 13.7 Å². The van der Waals surface area contributed by atoms with Gasteiger partial charge in [0.2, 0.25) is 0 Å². The van der Waals surface area contributed by atoms with Gasteiger partial charge < -0.3 is 14.9 Å². The first kappa shape index (κ1) is 17.3. The van der Waals surface area contributed by atoms with Crippen LogP contribution in [0.3, 0.4) is 0 Å². The molecule has 2 rings (SSSR count). The Labute approximate surface area is 140 Å². The van der Waals surface area contributed by atoms with Crippen molar-refractivity contribution in [2.75, 3.05) is 7.11 Å². The van der Waals surface area contributed by atoms with Gasteiger partial charge >= 0.3 is 5.97 Å². The minimum atomic E-state index is -1.03. The van der Waals surface area contributed by atoms with Crippen LogP contribution in [0.4, 0.5) is 0 Å². The van der Waals surface area contributed by atoms with Crippen molar-refractivity contribution in [2.24, 2.45) is 0 Å². The lowest BCUT2D eigenvalue weighted by Crippen LogP contribution is -2.40. The zero-order chi connectivity index (χ0) is 16.8. The maximum absolute atomic E-state index is 11.8. The third-order valence-electron chi connectivity index (χ3n) is 3.52. The summed E-state index contributed by atoms with van der Waals surface area (Å²) in [5, 5.41) is 19.0. The number of methoxy groups -OCH3 is 1. The summed E-state index contributed by atoms with van der Waals surface area (Å²) in [5.41, 5.74) is 1.61. The molecule has 122 valence electrons. The number of hydrogen-bond acceptors (Lipinski definition) is 5. The molecule has 0 heterocycles. The average molecular weight is 333 g/mol. The highest BCUT2D eigenvalue weighted by Gasteiger charge is 2.34. The van der Waals surface area contributed by atoms with Crippen LogP contribution >= 0.6 is 12.8 Å². The predicted molar refractivity (Wildman–Crippen MR) is 90.3 cm³/mol. The molecule has 0 aromatic heterocycles. The first-order valence-electron chi connectivity index (χ1n) is 7.07. The highest BCUT2D eigenvalue weighted by atomic mass is 32.1. The van der Waals surface area contributed by atoms with Crippen molar-refractivity contribution >= 4 is 18.8 Å². The number of thiol groups is 1. The molecule has 0 aliphatic rings. The number of carboxylic acids is 1. The van der Waals surface area contributed by atoms with E-state index in [0.29, 0.717) is 12.1 Å². The molecule has 5 nitrogen and oxygen atoms in total. The van der Waals surface area contributed by atoms with Crippen molar-refractivity contribution in [1.29, 1.82) is 0 Å². The Morgan fingerprint density at radius 3 is 2.30 bits per heavy atom. The topological polar surface area (TPSA) is 70.0 Å². The highest BCUT2D eigenvalue weighted by Crippen LogP contribution is 2.28. The third kappa shape index (κ3) is 4.48. The Morgan fingerprint density at radius 2 is 1.78 bits per heavy atom. The zero-order valence-electron chi connectivity index (χ0n) is 12.7. The summed E-state index contributed by atoms with van der Waals surface area (Å²) in [4.78, 5) is 11.8. The number of carboxylic acid groups (broad SMARTS) is 1. The maximum Gasteiger partial charge on any atom is 0.324 e. The molecule has 0 amide bonds. The fourth-order valence-electron chi connectivity index (χ4n) is 2.39. The van der Waals surface area contributed by atoms with E-state index in [2.05, 4.69) is 12.8 Å². The SMILES string of the molecule is COC(c1ccc(O)cc1)[C@H](C(=O)O)N(S)Cc1ccccc1. The average Bonchev–Trinajstić information content (AvgIpc) is 2.54. The zero-order valence-corrected chi connectivity index (χ0v) is 13.6. The molecule has 6 heteroatoms. The molecule has 2 aromatic rings. The molecule has 23 heavy (non-hydrogen) atoms. The van der Waals surface area contributed by atoms with Crippen LogP contribution in [0.1, 0.15) is 17.2 Å². The quantitative estimate of drug-likeness (QED) is 0.680. The van der Waals surface area contributed by atoms with E-state index < -0.39 is 18.1 Å². The van der Waals surface area contributed by atoms with Gasteiger partial charge in [-0.2, -0.15) is 0 Å². The largest absolute Gasteiger partial charge is 0.508 e. The lowest BCUT2D eigenvalue weighted by Gasteiger charge is -2.30. The van der Waals surface area contributed by atoms with Crippen LogP contribution in [-0.4, -0.2) is 33.6 Å². The van der Waals surface area contributed by atoms with Gasteiger partial charge in [-0.05, 0) is 23.3 Å². The lowest BCUT2D eigenvalue weighted by molar-refractivity contribution is -0.146. The fraction of sp³-hybridized carbons (Fsp3) is 0.235. The van der Waals surface area contributed by atoms with Crippen molar-refractivity contribution in [3.05, 3.63) is 65.7 Å². The van der Waals surface area contributed by atoms with Gasteiger partial charge in [-0.1, -0.05) is 55.3 Å². The summed E-state index contributed by atoms with van der Waals surface area (Å²) >= 11 is 4.36. The van der Waals surface area contributed by atoms with Crippen molar-refractivity contribution in [3.63, 3.8) is 0 Å². The molecule has 2 N–H and O–H groups in total. The Kier molecular flexibility index (Phi) is 6.04. The van der Waals surface area contributed by atoms with Crippen LogP contribution in [0, 0.1) is 0 Å². The molecular weight excluding hydrogens is 314 g/mol. The van der Waals surface area contributed by atoms with Gasteiger partial charge in [-0.25, -0.2) is 4.31 Å². The summed E-state index contributed by atoms with van der Waals surface area (Å²) in [6.45, 7) is 0.360. The number of aliphatic carboxylic acids is 1. The van der Waals surface area contributed by atoms with Crippen molar-refractivity contribution in [1.82, 2.24) is 4.31 Å². The van der Waals surface area contributed by atoms with Crippen LogP contribution in [-0.2, 0) is 16.1 Å². The van der Waals surface area contributed by atoms with Crippen molar-refractivity contribution in [2.45, 2.75) is 18.7 Å². The van der Waals surface area contributed by atoms with Crippen LogP contribution in [0.25, 0.3) is 0 Å². The third-order valence-corrected chi connectivity index (χ3v) is 3.91. The molecular formula is C17H19NO4S. The summed E-state index contributed by atoms with van der Waals surface area (Å²) < 4.78 is 6.85. The number of ether oxygens (including phenoxy) is 1. The van der Waals surface area contributed by atoms with E-state index in [9.17, 15) is 15.0 Å². The van der Waals surface area contributed by atoms with E-state index in [-0.39, 0.29) is 5.75 Å². The van der Waals surface area contributed by atoms with Gasteiger partial charge in [0.25, 0.3) is 0 Å². The van der Waals surface area contributed by atoms with E-state index in [1.807, 2.05) is 30.3 Å². The normalized spacial score (nSPS) is 13.7. The number of carbonyl (C=O) groups is 1. The maximum atomic E-state index is 11.8. The van der Waals surface area contributed by atoms with Crippen LogP contribution < -0.4 is 0 Å². The Bertz CT molecular complexity index is 633. The minimum absolute atomic E-state index is 0.113. The monoisotopic (exact) mass is 333 g/mol. The van der Waals surface area contributed by atoms with Crippen LogP contribution in [0.2, 0.25) is 0 Å². The second-order valence-corrected chi connectivity index (χ2v) is 5.63. The van der Waals surface area contributed by atoms with E-state index >= 15 is 0 Å². The number of benzene rings is 2. The molecule has 2 aromatic carbocycles. The number of phenols is 1. The number of aromatic hydroxyl groups is 1. The second-order valence-electron chi connectivity index (χ2n) is 5.11. The smallest absolute Gasteiger partial charge is 0.324 e. The molecule has 1 unspecified atom stereocenters. The Morgan fingerprint density at radius 1 is 1.17 bits per heavy atom. The number of nitrogens with zero attached hydrogens (tertiary/aromatic N) is 1. The van der Waals surface area contributed by atoms with Crippen LogP contribution in [0.15, 0.2) is 54.6 Å². The van der Waals surface area contributed by atoms with Gasteiger partial charge in [0.1, 0.15) is 17.9 Å². The Hall–Kier alpha value is -2.02. The van der Waals surface area contributed by atoms with Crippen LogP contribution in [0.5, 0.6) is 5.75 Å².